The number of nitrogens with two attached hydrogens (primary N) is 1. The van der Waals surface area contributed by atoms with Gasteiger partial charge in [0.15, 0.2) is 5.69 Å². The number of rotatable bonds is 6. The molecule has 0 unspecified atom stereocenters. The molecular formula is C11H16N6O2. The van der Waals surface area contributed by atoms with Crippen molar-refractivity contribution < 1.29 is 9.21 Å². The quantitative estimate of drug-likeness (QED) is 0.742. The van der Waals surface area contributed by atoms with Crippen LogP contribution in [-0.4, -0.2) is 32.4 Å². The minimum atomic E-state index is -0.320. The highest BCUT2D eigenvalue weighted by atomic mass is 16.4. The minimum Gasteiger partial charge on any atom is -0.444 e. The Morgan fingerprint density at radius 3 is 3.11 bits per heavy atom. The molecule has 102 valence electrons. The second kappa shape index (κ2) is 6.10. The summed E-state index contributed by atoms with van der Waals surface area (Å²) in [5, 5.41) is 10.2. The fraction of sp³-hybridized carbons (Fsp3) is 0.455. The molecule has 2 aromatic rings. The van der Waals surface area contributed by atoms with E-state index in [2.05, 4.69) is 20.6 Å². The maximum Gasteiger partial charge on any atom is 0.273 e. The minimum absolute atomic E-state index is 0.225. The monoisotopic (exact) mass is 264 g/mol. The number of carbonyl (C=O) groups is 1. The van der Waals surface area contributed by atoms with Crippen LogP contribution in [0, 0.1) is 0 Å². The Balaban J connectivity index is 1.89. The first-order valence-corrected chi connectivity index (χ1v) is 6.05. The molecule has 0 aliphatic carbocycles. The zero-order valence-corrected chi connectivity index (χ0v) is 10.7. The van der Waals surface area contributed by atoms with E-state index in [4.69, 9.17) is 10.2 Å². The Hall–Kier alpha value is -2.22. The number of amides is 1. The Morgan fingerprint density at radius 2 is 2.42 bits per heavy atom. The van der Waals surface area contributed by atoms with Crippen molar-refractivity contribution in [3.05, 3.63) is 29.7 Å². The van der Waals surface area contributed by atoms with E-state index in [-0.39, 0.29) is 18.1 Å². The molecule has 1 amide bonds. The summed E-state index contributed by atoms with van der Waals surface area (Å²) in [6.07, 6.45) is 3.97. The van der Waals surface area contributed by atoms with Crippen LogP contribution in [0.15, 0.2) is 16.8 Å². The summed E-state index contributed by atoms with van der Waals surface area (Å²) < 4.78 is 6.90. The van der Waals surface area contributed by atoms with Crippen molar-refractivity contribution in [1.82, 2.24) is 25.3 Å². The van der Waals surface area contributed by atoms with Crippen LogP contribution in [0.25, 0.3) is 0 Å². The van der Waals surface area contributed by atoms with Crippen molar-refractivity contribution >= 4 is 5.91 Å². The number of oxazole rings is 1. The Bertz CT molecular complexity index is 547. The molecule has 0 bridgehead atoms. The normalized spacial score (nSPS) is 10.6. The van der Waals surface area contributed by atoms with Crippen molar-refractivity contribution in [1.29, 1.82) is 0 Å². The summed E-state index contributed by atoms with van der Waals surface area (Å²) in [7, 11) is 0. The van der Waals surface area contributed by atoms with Gasteiger partial charge in [0.25, 0.3) is 5.91 Å². The topological polar surface area (TPSA) is 112 Å². The van der Waals surface area contributed by atoms with Crippen molar-refractivity contribution in [2.45, 2.75) is 26.4 Å². The summed E-state index contributed by atoms with van der Waals surface area (Å²) in [5.41, 5.74) is 5.63. The molecule has 0 aliphatic heterocycles. The van der Waals surface area contributed by atoms with E-state index in [1.165, 1.54) is 4.68 Å². The third-order valence-electron chi connectivity index (χ3n) is 2.48. The predicted octanol–water partition coefficient (Wildman–Crippen LogP) is -0.283. The number of aromatic nitrogens is 4. The van der Waals surface area contributed by atoms with Crippen molar-refractivity contribution in [2.75, 3.05) is 6.54 Å². The first kappa shape index (κ1) is 13.2. The second-order valence-electron chi connectivity index (χ2n) is 3.91. The average Bonchev–Trinajstić information content (AvgIpc) is 3.05. The number of nitrogens with zero attached hydrogens (tertiary/aromatic N) is 4. The van der Waals surface area contributed by atoms with Crippen LogP contribution < -0.4 is 11.1 Å². The molecule has 0 fully saturated rings. The van der Waals surface area contributed by atoms with Gasteiger partial charge in [0.2, 0.25) is 5.89 Å². The lowest BCUT2D eigenvalue weighted by Crippen LogP contribution is -2.23. The summed E-state index contributed by atoms with van der Waals surface area (Å²) in [5.74, 6) is 0.942. The highest BCUT2D eigenvalue weighted by Crippen LogP contribution is 2.04. The van der Waals surface area contributed by atoms with E-state index < -0.39 is 0 Å². The van der Waals surface area contributed by atoms with Crippen LogP contribution in [0.1, 0.15) is 29.1 Å². The first-order chi connectivity index (χ1) is 9.22. The highest BCUT2D eigenvalue weighted by Gasteiger charge is 2.11. The molecule has 0 aromatic carbocycles. The number of hydrogen-bond donors (Lipinski definition) is 2. The number of aryl methyl sites for hydroxylation is 1. The van der Waals surface area contributed by atoms with Gasteiger partial charge in [-0.1, -0.05) is 12.1 Å². The van der Waals surface area contributed by atoms with Crippen LogP contribution in [0.2, 0.25) is 0 Å². The standard InChI is InChI=1S/C11H16N6O2/c1-2-8-5-13-10(19-8)6-14-11(18)9-7-17(4-3-12)16-15-9/h5,7H,2-4,6,12H2,1H3,(H,14,18). The molecule has 3 N–H and O–H groups in total. The van der Waals surface area contributed by atoms with E-state index in [0.717, 1.165) is 12.2 Å². The summed E-state index contributed by atoms with van der Waals surface area (Å²) in [6, 6.07) is 0. The highest BCUT2D eigenvalue weighted by molar-refractivity contribution is 5.91. The summed E-state index contributed by atoms with van der Waals surface area (Å²) in [4.78, 5) is 15.8. The van der Waals surface area contributed by atoms with Crippen molar-refractivity contribution in [3.8, 4) is 0 Å². The van der Waals surface area contributed by atoms with Gasteiger partial charge < -0.3 is 15.5 Å². The van der Waals surface area contributed by atoms with Gasteiger partial charge in [-0.2, -0.15) is 0 Å². The van der Waals surface area contributed by atoms with Gasteiger partial charge in [-0.05, 0) is 0 Å². The van der Waals surface area contributed by atoms with Gasteiger partial charge in [0.1, 0.15) is 5.76 Å². The second-order valence-corrected chi connectivity index (χ2v) is 3.91. The third-order valence-corrected chi connectivity index (χ3v) is 2.48. The zero-order valence-electron chi connectivity index (χ0n) is 10.7. The van der Waals surface area contributed by atoms with E-state index in [1.807, 2.05) is 6.92 Å². The van der Waals surface area contributed by atoms with Gasteiger partial charge >= 0.3 is 0 Å². The largest absolute Gasteiger partial charge is 0.444 e. The molecular weight excluding hydrogens is 248 g/mol. The molecule has 0 spiro atoms. The maximum absolute atomic E-state index is 11.8. The number of nitrogens with one attached hydrogen (secondary N) is 1. The van der Waals surface area contributed by atoms with Gasteiger partial charge in [-0.15, -0.1) is 5.10 Å². The zero-order chi connectivity index (χ0) is 13.7. The summed E-state index contributed by atoms with van der Waals surface area (Å²) in [6.45, 7) is 3.17. The van der Waals surface area contributed by atoms with Crippen molar-refractivity contribution in [3.63, 3.8) is 0 Å². The maximum atomic E-state index is 11.8. The first-order valence-electron chi connectivity index (χ1n) is 6.05. The molecule has 0 saturated carbocycles. The molecule has 0 atom stereocenters. The predicted molar refractivity (Wildman–Crippen MR) is 66.1 cm³/mol. The lowest BCUT2D eigenvalue weighted by Gasteiger charge is -1.98. The van der Waals surface area contributed by atoms with Gasteiger partial charge in [0, 0.05) is 13.0 Å². The fourth-order valence-corrected chi connectivity index (χ4v) is 1.48. The Morgan fingerprint density at radius 1 is 1.58 bits per heavy atom. The molecule has 0 aliphatic rings. The average molecular weight is 264 g/mol. The lowest BCUT2D eigenvalue weighted by atomic mass is 10.4. The SMILES string of the molecule is CCc1cnc(CNC(=O)c2cn(CCN)nn2)o1. The molecule has 8 heteroatoms. The summed E-state index contributed by atoms with van der Waals surface area (Å²) >= 11 is 0. The molecule has 2 aromatic heterocycles. The van der Waals surface area contributed by atoms with E-state index in [1.54, 1.807) is 12.4 Å². The molecule has 8 nitrogen and oxygen atoms in total. The van der Waals surface area contributed by atoms with E-state index >= 15 is 0 Å². The lowest BCUT2D eigenvalue weighted by molar-refractivity contribution is 0.0942. The number of hydrogen-bond acceptors (Lipinski definition) is 6. The van der Waals surface area contributed by atoms with Crippen LogP contribution in [0.3, 0.4) is 0 Å². The van der Waals surface area contributed by atoms with Gasteiger partial charge in [-0.3, -0.25) is 9.48 Å². The Labute approximate surface area is 110 Å². The fourth-order valence-electron chi connectivity index (χ4n) is 1.48. The molecule has 19 heavy (non-hydrogen) atoms. The molecule has 0 saturated heterocycles. The van der Waals surface area contributed by atoms with Crippen LogP contribution >= 0.6 is 0 Å². The van der Waals surface area contributed by atoms with E-state index in [0.29, 0.717) is 19.0 Å². The molecule has 0 radical (unpaired) electrons. The molecule has 2 heterocycles. The smallest absolute Gasteiger partial charge is 0.273 e. The number of carbonyl (C=O) groups excluding carboxylic acids is 1. The van der Waals surface area contributed by atoms with E-state index in [9.17, 15) is 4.79 Å². The molecule has 2 rings (SSSR count). The van der Waals surface area contributed by atoms with Gasteiger partial charge in [-0.25, -0.2) is 4.98 Å². The third kappa shape index (κ3) is 3.38. The van der Waals surface area contributed by atoms with Crippen LogP contribution in [0.5, 0.6) is 0 Å². The van der Waals surface area contributed by atoms with Crippen LogP contribution in [-0.2, 0) is 19.5 Å². The van der Waals surface area contributed by atoms with Gasteiger partial charge in [0.05, 0.1) is 25.5 Å². The van der Waals surface area contributed by atoms with Crippen LogP contribution in [0.4, 0.5) is 0 Å². The van der Waals surface area contributed by atoms with Crippen molar-refractivity contribution in [2.24, 2.45) is 5.73 Å². The Kier molecular flexibility index (Phi) is 4.24.